The lowest BCUT2D eigenvalue weighted by atomic mass is 10.3. The van der Waals surface area contributed by atoms with Crippen molar-refractivity contribution in [3.8, 4) is 11.5 Å². The van der Waals surface area contributed by atoms with E-state index >= 15 is 0 Å². The lowest BCUT2D eigenvalue weighted by Crippen LogP contribution is -2.03. The van der Waals surface area contributed by atoms with E-state index in [0.717, 1.165) is 0 Å². The molecule has 0 spiro atoms. The lowest BCUT2D eigenvalue weighted by Gasteiger charge is -2.08. The number of hydrogen-bond donors (Lipinski definition) is 0. The van der Waals surface area contributed by atoms with Gasteiger partial charge in [0.1, 0.15) is 11.5 Å². The average Bonchev–Trinajstić information content (AvgIpc) is 2.97. The third kappa shape index (κ3) is 3.38. The number of alkyl halides is 2. The van der Waals surface area contributed by atoms with E-state index in [0.29, 0.717) is 18.3 Å². The average molecular weight is 214 g/mol. The molecule has 0 aromatic heterocycles. The largest absolute Gasteiger partial charge is 0.493 e. The lowest BCUT2D eigenvalue weighted by molar-refractivity contribution is -0.0499. The van der Waals surface area contributed by atoms with Crippen LogP contribution in [-0.4, -0.2) is 13.2 Å². The molecule has 0 amide bonds. The molecular formula is C11H12F2O2. The first-order valence-corrected chi connectivity index (χ1v) is 4.92. The van der Waals surface area contributed by atoms with Gasteiger partial charge >= 0.3 is 6.61 Å². The van der Waals surface area contributed by atoms with Gasteiger partial charge in [0.05, 0.1) is 6.61 Å². The summed E-state index contributed by atoms with van der Waals surface area (Å²) < 4.78 is 33.5. The topological polar surface area (TPSA) is 18.5 Å². The molecule has 0 unspecified atom stereocenters. The van der Waals surface area contributed by atoms with Crippen LogP contribution in [0.3, 0.4) is 0 Å². The molecule has 0 radical (unpaired) electrons. The van der Waals surface area contributed by atoms with Crippen molar-refractivity contribution in [3.63, 3.8) is 0 Å². The van der Waals surface area contributed by atoms with E-state index in [9.17, 15) is 8.78 Å². The number of ether oxygens (including phenoxy) is 2. The van der Waals surface area contributed by atoms with Crippen LogP contribution in [0, 0.1) is 5.92 Å². The maximum atomic E-state index is 11.9. The van der Waals surface area contributed by atoms with Gasteiger partial charge in [0.25, 0.3) is 0 Å². The van der Waals surface area contributed by atoms with Gasteiger partial charge in [-0.15, -0.1) is 0 Å². The molecule has 0 bridgehead atoms. The number of hydrogen-bond acceptors (Lipinski definition) is 2. The smallest absolute Gasteiger partial charge is 0.387 e. The van der Waals surface area contributed by atoms with Crippen molar-refractivity contribution in [1.82, 2.24) is 0 Å². The van der Waals surface area contributed by atoms with Gasteiger partial charge in [0, 0.05) is 6.07 Å². The summed E-state index contributed by atoms with van der Waals surface area (Å²) in [6.45, 7) is -2.12. The quantitative estimate of drug-likeness (QED) is 0.749. The Morgan fingerprint density at radius 2 is 2.00 bits per heavy atom. The standard InChI is InChI=1S/C11H12F2O2/c12-11(13)15-10-3-1-2-9(6-10)14-7-8-4-5-8/h1-3,6,8,11H,4-5,7H2. The molecule has 4 heteroatoms. The monoisotopic (exact) mass is 214 g/mol. The molecular weight excluding hydrogens is 202 g/mol. The molecule has 1 aliphatic carbocycles. The van der Waals surface area contributed by atoms with Gasteiger partial charge in [0.2, 0.25) is 0 Å². The predicted molar refractivity (Wildman–Crippen MR) is 51.3 cm³/mol. The van der Waals surface area contributed by atoms with Crippen molar-refractivity contribution in [3.05, 3.63) is 24.3 Å². The summed E-state index contributed by atoms with van der Waals surface area (Å²) in [6, 6.07) is 6.34. The Balaban J connectivity index is 1.91. The Morgan fingerprint density at radius 1 is 1.27 bits per heavy atom. The summed E-state index contributed by atoms with van der Waals surface area (Å²) in [4.78, 5) is 0. The molecule has 0 saturated heterocycles. The van der Waals surface area contributed by atoms with Crippen molar-refractivity contribution in [2.75, 3.05) is 6.61 Å². The molecule has 2 nitrogen and oxygen atoms in total. The zero-order valence-electron chi connectivity index (χ0n) is 8.16. The minimum Gasteiger partial charge on any atom is -0.493 e. The molecule has 0 N–H and O–H groups in total. The van der Waals surface area contributed by atoms with E-state index in [2.05, 4.69) is 4.74 Å². The summed E-state index contributed by atoms with van der Waals surface area (Å²) in [5.74, 6) is 1.36. The van der Waals surface area contributed by atoms with Crippen molar-refractivity contribution >= 4 is 0 Å². The van der Waals surface area contributed by atoms with E-state index < -0.39 is 6.61 Å². The highest BCUT2D eigenvalue weighted by atomic mass is 19.3. The fourth-order valence-electron chi connectivity index (χ4n) is 1.24. The summed E-state index contributed by atoms with van der Waals surface area (Å²) in [6.07, 6.45) is 2.40. The Hall–Kier alpha value is -1.32. The minimum absolute atomic E-state index is 0.137. The number of benzene rings is 1. The maximum Gasteiger partial charge on any atom is 0.387 e. The third-order valence-electron chi connectivity index (χ3n) is 2.21. The third-order valence-corrected chi connectivity index (χ3v) is 2.21. The van der Waals surface area contributed by atoms with Crippen LogP contribution in [-0.2, 0) is 0 Å². The first-order valence-electron chi connectivity index (χ1n) is 4.92. The highest BCUT2D eigenvalue weighted by molar-refractivity contribution is 5.32. The number of halogens is 2. The second-order valence-electron chi connectivity index (χ2n) is 3.61. The molecule has 1 saturated carbocycles. The van der Waals surface area contributed by atoms with Crippen molar-refractivity contribution in [1.29, 1.82) is 0 Å². The summed E-state index contributed by atoms with van der Waals surface area (Å²) in [7, 11) is 0. The van der Waals surface area contributed by atoms with Crippen LogP contribution in [0.1, 0.15) is 12.8 Å². The van der Waals surface area contributed by atoms with Gasteiger partial charge in [-0.2, -0.15) is 8.78 Å². The van der Waals surface area contributed by atoms with E-state index in [4.69, 9.17) is 4.74 Å². The van der Waals surface area contributed by atoms with Gasteiger partial charge in [-0.05, 0) is 30.9 Å². The van der Waals surface area contributed by atoms with Gasteiger partial charge in [-0.1, -0.05) is 6.07 Å². The van der Waals surface area contributed by atoms with Gasteiger partial charge in [-0.3, -0.25) is 0 Å². The zero-order valence-corrected chi connectivity index (χ0v) is 8.16. The molecule has 1 aliphatic rings. The van der Waals surface area contributed by atoms with Crippen LogP contribution < -0.4 is 9.47 Å². The summed E-state index contributed by atoms with van der Waals surface area (Å²) >= 11 is 0. The predicted octanol–water partition coefficient (Wildman–Crippen LogP) is 3.08. The van der Waals surface area contributed by atoms with E-state index in [1.807, 2.05) is 0 Å². The Kier molecular flexibility index (Phi) is 3.04. The van der Waals surface area contributed by atoms with Crippen LogP contribution in [0.4, 0.5) is 8.78 Å². The molecule has 1 aromatic rings. The molecule has 1 aromatic carbocycles. The fourth-order valence-corrected chi connectivity index (χ4v) is 1.24. The minimum atomic E-state index is -2.79. The Bertz CT molecular complexity index is 324. The Labute approximate surface area is 86.8 Å². The van der Waals surface area contributed by atoms with E-state index in [1.165, 1.54) is 25.0 Å². The molecule has 2 rings (SSSR count). The van der Waals surface area contributed by atoms with Crippen LogP contribution >= 0.6 is 0 Å². The van der Waals surface area contributed by atoms with Crippen LogP contribution in [0.25, 0.3) is 0 Å². The summed E-state index contributed by atoms with van der Waals surface area (Å²) in [5, 5.41) is 0. The van der Waals surface area contributed by atoms with Gasteiger partial charge in [-0.25, -0.2) is 0 Å². The van der Waals surface area contributed by atoms with Crippen LogP contribution in [0.2, 0.25) is 0 Å². The van der Waals surface area contributed by atoms with Crippen molar-refractivity contribution in [2.45, 2.75) is 19.5 Å². The highest BCUT2D eigenvalue weighted by Crippen LogP contribution is 2.30. The normalized spacial score (nSPS) is 15.4. The summed E-state index contributed by atoms with van der Waals surface area (Å²) in [5.41, 5.74) is 0. The molecule has 0 heterocycles. The van der Waals surface area contributed by atoms with Crippen LogP contribution in [0.5, 0.6) is 11.5 Å². The van der Waals surface area contributed by atoms with Gasteiger partial charge in [0.15, 0.2) is 0 Å². The fraction of sp³-hybridized carbons (Fsp3) is 0.455. The van der Waals surface area contributed by atoms with Crippen molar-refractivity contribution in [2.24, 2.45) is 5.92 Å². The first kappa shape index (κ1) is 10.2. The van der Waals surface area contributed by atoms with Crippen LogP contribution in [0.15, 0.2) is 24.3 Å². The maximum absolute atomic E-state index is 11.9. The second kappa shape index (κ2) is 4.47. The Morgan fingerprint density at radius 3 is 2.67 bits per heavy atom. The molecule has 15 heavy (non-hydrogen) atoms. The van der Waals surface area contributed by atoms with Gasteiger partial charge < -0.3 is 9.47 Å². The molecule has 0 atom stereocenters. The second-order valence-corrected chi connectivity index (χ2v) is 3.61. The van der Waals surface area contributed by atoms with E-state index in [-0.39, 0.29) is 5.75 Å². The number of rotatable bonds is 5. The molecule has 0 aliphatic heterocycles. The highest BCUT2D eigenvalue weighted by Gasteiger charge is 2.21. The molecule has 1 fully saturated rings. The first-order chi connectivity index (χ1) is 7.24. The van der Waals surface area contributed by atoms with E-state index in [1.54, 1.807) is 12.1 Å². The molecule has 82 valence electrons. The van der Waals surface area contributed by atoms with Crippen molar-refractivity contribution < 1.29 is 18.3 Å². The zero-order chi connectivity index (χ0) is 10.7. The SMILES string of the molecule is FC(F)Oc1cccc(OCC2CC2)c1.